The van der Waals surface area contributed by atoms with Crippen molar-refractivity contribution in [3.8, 4) is 5.69 Å². The summed E-state index contributed by atoms with van der Waals surface area (Å²) in [6.45, 7) is 5.45. The lowest BCUT2D eigenvalue weighted by Crippen LogP contribution is -2.43. The molecule has 3 heterocycles. The van der Waals surface area contributed by atoms with Gasteiger partial charge in [0.15, 0.2) is 11.6 Å². The summed E-state index contributed by atoms with van der Waals surface area (Å²) in [4.78, 5) is 58.2. The van der Waals surface area contributed by atoms with E-state index in [-0.39, 0.29) is 48.6 Å². The molecular weight excluding hydrogens is 580 g/mol. The molecule has 1 aliphatic rings. The van der Waals surface area contributed by atoms with Gasteiger partial charge in [-0.1, -0.05) is 49.7 Å². The number of pyridine rings is 1. The topological polar surface area (TPSA) is 128 Å². The second kappa shape index (κ2) is 13.2. The zero-order valence-electron chi connectivity index (χ0n) is 24.6. The fraction of sp³-hybridized carbons (Fsp3) is 0.273. The minimum atomic E-state index is -0.914. The van der Waals surface area contributed by atoms with E-state index in [1.165, 1.54) is 24.0 Å². The molecule has 0 radical (unpaired) electrons. The van der Waals surface area contributed by atoms with Crippen LogP contribution in [-0.2, 0) is 33.6 Å². The molecule has 0 aliphatic carbocycles. The van der Waals surface area contributed by atoms with Crippen molar-refractivity contribution in [1.29, 1.82) is 0 Å². The normalized spacial score (nSPS) is 14.6. The number of ketones is 3. The molecule has 1 unspecified atom stereocenters. The highest BCUT2D eigenvalue weighted by Crippen LogP contribution is 2.32. The molecule has 0 fully saturated rings. The number of amides is 1. The third-order valence-electron chi connectivity index (χ3n) is 7.60. The van der Waals surface area contributed by atoms with Crippen molar-refractivity contribution in [1.82, 2.24) is 30.1 Å². The molecule has 2 aromatic carbocycles. The lowest BCUT2D eigenvalue weighted by Gasteiger charge is -2.35. The number of hydrogen-bond acceptors (Lipinski definition) is 8. The molecule has 44 heavy (non-hydrogen) atoms. The fourth-order valence-corrected chi connectivity index (χ4v) is 5.34. The highest BCUT2D eigenvalue weighted by atomic mass is 35.5. The van der Waals surface area contributed by atoms with Crippen LogP contribution in [0.5, 0.6) is 0 Å². The Kier molecular flexibility index (Phi) is 9.20. The Morgan fingerprint density at radius 1 is 1.02 bits per heavy atom. The van der Waals surface area contributed by atoms with Gasteiger partial charge in [-0.2, -0.15) is 4.68 Å². The summed E-state index contributed by atoms with van der Waals surface area (Å²) in [6.07, 6.45) is 6.84. The molecular formula is C33H31ClN6O4. The second-order valence-electron chi connectivity index (χ2n) is 11.0. The van der Waals surface area contributed by atoms with E-state index >= 15 is 0 Å². The summed E-state index contributed by atoms with van der Waals surface area (Å²) in [5, 5.41) is 11.8. The van der Waals surface area contributed by atoms with Crippen molar-refractivity contribution < 1.29 is 19.2 Å². The van der Waals surface area contributed by atoms with Crippen LogP contribution >= 0.6 is 11.6 Å². The summed E-state index contributed by atoms with van der Waals surface area (Å²) in [6, 6.07) is 12.9. The van der Waals surface area contributed by atoms with Crippen molar-refractivity contribution >= 4 is 40.9 Å². The van der Waals surface area contributed by atoms with E-state index in [1.807, 2.05) is 19.9 Å². The van der Waals surface area contributed by atoms with Crippen LogP contribution in [-0.4, -0.2) is 59.9 Å². The number of halogens is 1. The summed E-state index contributed by atoms with van der Waals surface area (Å²) in [5.74, 6) is -0.715. The van der Waals surface area contributed by atoms with Crippen LogP contribution in [0.15, 0.2) is 67.1 Å². The van der Waals surface area contributed by atoms with Gasteiger partial charge in [0.05, 0.1) is 5.69 Å². The molecule has 5 rings (SSSR count). The van der Waals surface area contributed by atoms with Gasteiger partial charge in [0.2, 0.25) is 5.91 Å². The Bertz CT molecular complexity index is 1750. The molecule has 1 aliphatic heterocycles. The first-order chi connectivity index (χ1) is 21.1. The van der Waals surface area contributed by atoms with Crippen molar-refractivity contribution in [3.05, 3.63) is 106 Å². The Hall–Kier alpha value is -4.83. The van der Waals surface area contributed by atoms with Crippen molar-refractivity contribution in [2.24, 2.45) is 5.92 Å². The van der Waals surface area contributed by atoms with Gasteiger partial charge < -0.3 is 4.90 Å². The molecule has 1 amide bonds. The van der Waals surface area contributed by atoms with Gasteiger partial charge in [0.1, 0.15) is 18.2 Å². The van der Waals surface area contributed by atoms with Crippen molar-refractivity contribution in [2.45, 2.75) is 46.1 Å². The Balaban J connectivity index is 1.49. The summed E-state index contributed by atoms with van der Waals surface area (Å²) in [7, 11) is 0. The number of tetrazole rings is 1. The molecule has 10 nitrogen and oxygen atoms in total. The molecule has 11 heteroatoms. The van der Waals surface area contributed by atoms with E-state index in [0.29, 0.717) is 39.4 Å². The van der Waals surface area contributed by atoms with E-state index in [4.69, 9.17) is 11.6 Å². The van der Waals surface area contributed by atoms with E-state index in [2.05, 4.69) is 20.5 Å². The third kappa shape index (κ3) is 6.86. The van der Waals surface area contributed by atoms with E-state index in [0.717, 1.165) is 11.3 Å². The maximum absolute atomic E-state index is 14.0. The lowest BCUT2D eigenvalue weighted by atomic mass is 9.88. The zero-order chi connectivity index (χ0) is 31.4. The van der Waals surface area contributed by atoms with Gasteiger partial charge in [0, 0.05) is 71.4 Å². The van der Waals surface area contributed by atoms with Crippen LogP contribution < -0.4 is 0 Å². The molecule has 2 aromatic heterocycles. The maximum Gasteiger partial charge on any atom is 0.247 e. The largest absolute Gasteiger partial charge is 0.325 e. The average molecular weight is 611 g/mol. The minimum Gasteiger partial charge on any atom is -0.325 e. The number of hydrogen-bond donors (Lipinski definition) is 0. The SMILES string of the molecule is CC(=O)c1ccc(CC(=O)C2c3cc(CC(=O)C(C)C)cnc3CCN2C(=O)/C=C/c2cc(Cl)ccc2-n2cnnn2)cc1. The van der Waals surface area contributed by atoms with Crippen molar-refractivity contribution in [3.63, 3.8) is 0 Å². The van der Waals surface area contributed by atoms with Crippen LogP contribution in [0.4, 0.5) is 0 Å². The quantitative estimate of drug-likeness (QED) is 0.188. The summed E-state index contributed by atoms with van der Waals surface area (Å²) in [5.41, 5.74) is 4.55. The van der Waals surface area contributed by atoms with Gasteiger partial charge in [-0.15, -0.1) is 5.10 Å². The maximum atomic E-state index is 14.0. The smallest absolute Gasteiger partial charge is 0.247 e. The standard InChI is InChI=1S/C33H31ClN6O4/c1-20(2)30(42)16-23-14-27-28(35-18-23)12-13-39(33(27)31(43)15-22-4-6-24(7-5-22)21(3)41)32(44)11-8-25-17-26(34)9-10-29(25)40-19-36-37-38-40/h4-11,14,17-20,33H,12-13,15-16H2,1-3H3/b11-8+. The van der Waals surface area contributed by atoms with Gasteiger partial charge in [-0.3, -0.25) is 24.2 Å². The summed E-state index contributed by atoms with van der Waals surface area (Å²) >= 11 is 6.25. The van der Waals surface area contributed by atoms with E-state index in [9.17, 15) is 19.2 Å². The van der Waals surface area contributed by atoms with E-state index in [1.54, 1.807) is 59.6 Å². The lowest BCUT2D eigenvalue weighted by molar-refractivity contribution is -0.136. The number of fused-ring (bicyclic) bond motifs is 1. The highest BCUT2D eigenvalue weighted by molar-refractivity contribution is 6.30. The number of carbonyl (C=O) groups is 4. The highest BCUT2D eigenvalue weighted by Gasteiger charge is 2.36. The predicted octanol–water partition coefficient (Wildman–Crippen LogP) is 4.63. The molecule has 1 atom stereocenters. The Labute approximate surface area is 259 Å². The zero-order valence-corrected chi connectivity index (χ0v) is 25.4. The van der Waals surface area contributed by atoms with Gasteiger partial charge in [0.25, 0.3) is 0 Å². The molecule has 224 valence electrons. The average Bonchev–Trinajstić information content (AvgIpc) is 3.54. The second-order valence-corrected chi connectivity index (χ2v) is 11.5. The number of aromatic nitrogens is 5. The molecule has 0 saturated heterocycles. The van der Waals surface area contributed by atoms with Crippen LogP contribution in [0.3, 0.4) is 0 Å². The number of nitrogens with zero attached hydrogens (tertiary/aromatic N) is 6. The van der Waals surface area contributed by atoms with Gasteiger partial charge in [-0.05, 0) is 58.8 Å². The summed E-state index contributed by atoms with van der Waals surface area (Å²) < 4.78 is 1.47. The Morgan fingerprint density at radius 3 is 2.48 bits per heavy atom. The first kappa shape index (κ1) is 30.6. The van der Waals surface area contributed by atoms with E-state index < -0.39 is 6.04 Å². The van der Waals surface area contributed by atoms with Crippen LogP contribution in [0.1, 0.15) is 65.1 Å². The number of carbonyl (C=O) groups excluding carboxylic acids is 4. The number of rotatable bonds is 10. The van der Waals surface area contributed by atoms with Gasteiger partial charge >= 0.3 is 0 Å². The molecule has 4 aromatic rings. The fourth-order valence-electron chi connectivity index (χ4n) is 5.16. The van der Waals surface area contributed by atoms with Crippen LogP contribution in [0, 0.1) is 5.92 Å². The number of benzene rings is 2. The van der Waals surface area contributed by atoms with Crippen molar-refractivity contribution in [2.75, 3.05) is 6.54 Å². The molecule has 0 spiro atoms. The van der Waals surface area contributed by atoms with Crippen LogP contribution in [0.2, 0.25) is 5.02 Å². The predicted molar refractivity (Wildman–Crippen MR) is 164 cm³/mol. The Morgan fingerprint density at radius 2 is 1.80 bits per heavy atom. The van der Waals surface area contributed by atoms with Crippen LogP contribution in [0.25, 0.3) is 11.8 Å². The van der Waals surface area contributed by atoms with Gasteiger partial charge in [-0.25, -0.2) is 0 Å². The first-order valence-electron chi connectivity index (χ1n) is 14.2. The monoisotopic (exact) mass is 610 g/mol. The first-order valence-corrected chi connectivity index (χ1v) is 14.6. The minimum absolute atomic E-state index is 0.0443. The molecule has 0 N–H and O–H groups in total. The third-order valence-corrected chi connectivity index (χ3v) is 7.83. The molecule has 0 saturated carbocycles. The number of Topliss-reactive ketones (excluding diaryl/α,β-unsaturated/α-hetero) is 3. The molecule has 0 bridgehead atoms.